The highest BCUT2D eigenvalue weighted by Crippen LogP contribution is 2.32. The van der Waals surface area contributed by atoms with Crippen molar-refractivity contribution in [3.05, 3.63) is 46.4 Å². The molecule has 0 radical (unpaired) electrons. The van der Waals surface area contributed by atoms with Crippen molar-refractivity contribution >= 4 is 33.2 Å². The number of anilines is 2. The average Bonchev–Trinajstić information content (AvgIpc) is 2.54. The summed E-state index contributed by atoms with van der Waals surface area (Å²) in [5.41, 5.74) is 2.70. The van der Waals surface area contributed by atoms with Crippen molar-refractivity contribution in [3.63, 3.8) is 0 Å². The molecular weight excluding hydrogens is 360 g/mol. The summed E-state index contributed by atoms with van der Waals surface area (Å²) in [7, 11) is 0. The smallest absolute Gasteiger partial charge is 0.243 e. The highest BCUT2D eigenvalue weighted by Gasteiger charge is 2.12. The van der Waals surface area contributed by atoms with Crippen LogP contribution in [0.1, 0.15) is 5.56 Å². The van der Waals surface area contributed by atoms with E-state index < -0.39 is 0 Å². The standard InChI is InChI=1S/C17H17BrN2O3/c1-11-8-12(18)2-4-14(11)19-10-17(21)20-13-3-5-15-16(9-13)23-7-6-22-15/h2-5,8-9,19H,6-7,10H2,1H3,(H,20,21). The van der Waals surface area contributed by atoms with Crippen LogP contribution in [0.15, 0.2) is 40.9 Å². The zero-order valence-corrected chi connectivity index (χ0v) is 14.3. The first-order chi connectivity index (χ1) is 11.1. The summed E-state index contributed by atoms with van der Waals surface area (Å²) >= 11 is 3.42. The van der Waals surface area contributed by atoms with Gasteiger partial charge in [-0.1, -0.05) is 15.9 Å². The van der Waals surface area contributed by atoms with Gasteiger partial charge in [-0.3, -0.25) is 4.79 Å². The van der Waals surface area contributed by atoms with Crippen LogP contribution in [-0.4, -0.2) is 25.7 Å². The Kier molecular flexibility index (Phi) is 4.71. The van der Waals surface area contributed by atoms with E-state index in [1.165, 1.54) is 0 Å². The van der Waals surface area contributed by atoms with Crippen LogP contribution in [0.3, 0.4) is 0 Å². The minimum atomic E-state index is -0.121. The minimum Gasteiger partial charge on any atom is -0.486 e. The molecule has 1 aliphatic rings. The second-order valence-electron chi connectivity index (χ2n) is 5.22. The zero-order chi connectivity index (χ0) is 16.2. The number of ether oxygens (including phenoxy) is 2. The van der Waals surface area contributed by atoms with Crippen molar-refractivity contribution in [2.75, 3.05) is 30.4 Å². The fraction of sp³-hybridized carbons (Fsp3) is 0.235. The van der Waals surface area contributed by atoms with Crippen LogP contribution in [-0.2, 0) is 4.79 Å². The Labute approximate surface area is 143 Å². The molecule has 3 rings (SSSR count). The molecule has 0 aliphatic carbocycles. The van der Waals surface area contributed by atoms with E-state index in [4.69, 9.17) is 9.47 Å². The second-order valence-corrected chi connectivity index (χ2v) is 6.14. The van der Waals surface area contributed by atoms with E-state index in [1.54, 1.807) is 18.2 Å². The molecule has 2 aromatic carbocycles. The van der Waals surface area contributed by atoms with Gasteiger partial charge >= 0.3 is 0 Å². The monoisotopic (exact) mass is 376 g/mol. The largest absolute Gasteiger partial charge is 0.486 e. The van der Waals surface area contributed by atoms with Crippen LogP contribution in [0.25, 0.3) is 0 Å². The number of hydrogen-bond acceptors (Lipinski definition) is 4. The Bertz CT molecular complexity index is 734. The van der Waals surface area contributed by atoms with Crippen molar-refractivity contribution in [2.24, 2.45) is 0 Å². The summed E-state index contributed by atoms with van der Waals surface area (Å²) in [5.74, 6) is 1.24. The molecule has 2 N–H and O–H groups in total. The summed E-state index contributed by atoms with van der Waals surface area (Å²) in [6.07, 6.45) is 0. The molecule has 1 aliphatic heterocycles. The lowest BCUT2D eigenvalue weighted by molar-refractivity contribution is -0.114. The van der Waals surface area contributed by atoms with Crippen LogP contribution in [0.2, 0.25) is 0 Å². The van der Waals surface area contributed by atoms with Gasteiger partial charge in [-0.25, -0.2) is 0 Å². The molecule has 120 valence electrons. The highest BCUT2D eigenvalue weighted by atomic mass is 79.9. The Morgan fingerprint density at radius 1 is 1.13 bits per heavy atom. The van der Waals surface area contributed by atoms with E-state index in [0.717, 1.165) is 15.7 Å². The summed E-state index contributed by atoms with van der Waals surface area (Å²) in [6.45, 7) is 3.26. The number of rotatable bonds is 4. The molecular formula is C17H17BrN2O3. The zero-order valence-electron chi connectivity index (χ0n) is 12.7. The van der Waals surface area contributed by atoms with E-state index in [-0.39, 0.29) is 12.5 Å². The fourth-order valence-corrected chi connectivity index (χ4v) is 2.80. The lowest BCUT2D eigenvalue weighted by Gasteiger charge is -2.19. The highest BCUT2D eigenvalue weighted by molar-refractivity contribution is 9.10. The number of fused-ring (bicyclic) bond motifs is 1. The third-order valence-electron chi connectivity index (χ3n) is 3.45. The average molecular weight is 377 g/mol. The van der Waals surface area contributed by atoms with Crippen molar-refractivity contribution in [1.29, 1.82) is 0 Å². The summed E-state index contributed by atoms with van der Waals surface area (Å²) in [4.78, 5) is 12.1. The predicted molar refractivity (Wildman–Crippen MR) is 93.4 cm³/mol. The summed E-state index contributed by atoms with van der Waals surface area (Å²) in [5, 5.41) is 5.98. The van der Waals surface area contributed by atoms with Crippen LogP contribution < -0.4 is 20.1 Å². The van der Waals surface area contributed by atoms with E-state index in [1.807, 2.05) is 25.1 Å². The number of benzene rings is 2. The van der Waals surface area contributed by atoms with Gasteiger partial charge in [-0.2, -0.15) is 0 Å². The molecule has 6 heteroatoms. The minimum absolute atomic E-state index is 0.121. The third-order valence-corrected chi connectivity index (χ3v) is 3.95. The maximum atomic E-state index is 12.1. The van der Waals surface area contributed by atoms with Gasteiger partial charge in [-0.15, -0.1) is 0 Å². The van der Waals surface area contributed by atoms with Crippen LogP contribution >= 0.6 is 15.9 Å². The topological polar surface area (TPSA) is 59.6 Å². The molecule has 2 aromatic rings. The second kappa shape index (κ2) is 6.91. The SMILES string of the molecule is Cc1cc(Br)ccc1NCC(=O)Nc1ccc2c(c1)OCCO2. The maximum absolute atomic E-state index is 12.1. The number of hydrogen-bond donors (Lipinski definition) is 2. The van der Waals surface area contributed by atoms with Crippen LogP contribution in [0.5, 0.6) is 11.5 Å². The first kappa shape index (κ1) is 15.7. The van der Waals surface area contributed by atoms with Gasteiger partial charge in [0.1, 0.15) is 13.2 Å². The van der Waals surface area contributed by atoms with Gasteiger partial charge in [-0.05, 0) is 42.8 Å². The molecule has 5 nitrogen and oxygen atoms in total. The Hall–Kier alpha value is -2.21. The Morgan fingerprint density at radius 3 is 2.70 bits per heavy atom. The number of carbonyl (C=O) groups is 1. The van der Waals surface area contributed by atoms with E-state index >= 15 is 0 Å². The molecule has 0 bridgehead atoms. The van der Waals surface area contributed by atoms with E-state index in [0.29, 0.717) is 30.4 Å². The third kappa shape index (κ3) is 3.96. The van der Waals surface area contributed by atoms with Crippen LogP contribution in [0.4, 0.5) is 11.4 Å². The predicted octanol–water partition coefficient (Wildman–Crippen LogP) is 3.58. The van der Waals surface area contributed by atoms with Gasteiger partial charge < -0.3 is 20.1 Å². The molecule has 1 heterocycles. The van der Waals surface area contributed by atoms with Crippen molar-refractivity contribution < 1.29 is 14.3 Å². The van der Waals surface area contributed by atoms with Crippen molar-refractivity contribution in [1.82, 2.24) is 0 Å². The normalized spacial score (nSPS) is 12.6. The number of aryl methyl sites for hydroxylation is 1. The molecule has 1 amide bonds. The fourth-order valence-electron chi connectivity index (χ4n) is 2.33. The van der Waals surface area contributed by atoms with E-state index in [9.17, 15) is 4.79 Å². The van der Waals surface area contributed by atoms with Gasteiger partial charge in [0.05, 0.1) is 6.54 Å². The molecule has 0 spiro atoms. The van der Waals surface area contributed by atoms with Gasteiger partial charge in [0.25, 0.3) is 0 Å². The van der Waals surface area contributed by atoms with Crippen molar-refractivity contribution in [3.8, 4) is 11.5 Å². The Balaban J connectivity index is 1.59. The van der Waals surface area contributed by atoms with Gasteiger partial charge in [0.2, 0.25) is 5.91 Å². The lowest BCUT2D eigenvalue weighted by atomic mass is 10.2. The van der Waals surface area contributed by atoms with Gasteiger partial charge in [0, 0.05) is 21.9 Å². The van der Waals surface area contributed by atoms with Crippen molar-refractivity contribution in [2.45, 2.75) is 6.92 Å². The molecule has 0 unspecified atom stereocenters. The molecule has 0 saturated carbocycles. The number of halogens is 1. The molecule has 0 fully saturated rings. The number of carbonyl (C=O) groups excluding carboxylic acids is 1. The number of nitrogens with one attached hydrogen (secondary N) is 2. The maximum Gasteiger partial charge on any atom is 0.243 e. The first-order valence-corrected chi connectivity index (χ1v) is 8.10. The molecule has 23 heavy (non-hydrogen) atoms. The quantitative estimate of drug-likeness (QED) is 0.855. The molecule has 0 saturated heterocycles. The number of amides is 1. The first-order valence-electron chi connectivity index (χ1n) is 7.31. The lowest BCUT2D eigenvalue weighted by Crippen LogP contribution is -2.22. The van der Waals surface area contributed by atoms with E-state index in [2.05, 4.69) is 26.6 Å². The van der Waals surface area contributed by atoms with Gasteiger partial charge in [0.15, 0.2) is 11.5 Å². The van der Waals surface area contributed by atoms with Crippen LogP contribution in [0, 0.1) is 6.92 Å². The Morgan fingerprint density at radius 2 is 1.91 bits per heavy atom. The summed E-state index contributed by atoms with van der Waals surface area (Å²) in [6, 6.07) is 11.3. The summed E-state index contributed by atoms with van der Waals surface area (Å²) < 4.78 is 12.0. The molecule has 0 aromatic heterocycles. The molecule has 0 atom stereocenters.